The molecule has 19 heavy (non-hydrogen) atoms. The number of hydrogen-bond acceptors (Lipinski definition) is 2. The summed E-state index contributed by atoms with van der Waals surface area (Å²) < 4.78 is 6.67. The van der Waals surface area contributed by atoms with Gasteiger partial charge in [-0.1, -0.05) is 39.7 Å². The van der Waals surface area contributed by atoms with Crippen LogP contribution < -0.4 is 4.74 Å². The summed E-state index contributed by atoms with van der Waals surface area (Å²) in [6.45, 7) is 2.16. The normalized spacial score (nSPS) is 12.2. The predicted octanol–water partition coefficient (Wildman–Crippen LogP) is 4.73. The fourth-order valence-corrected chi connectivity index (χ4v) is 2.22. The van der Waals surface area contributed by atoms with Gasteiger partial charge in [-0.25, -0.2) is 0 Å². The monoisotopic (exact) mass is 340 g/mol. The van der Waals surface area contributed by atoms with E-state index < -0.39 is 6.10 Å². The SMILES string of the molecule is C[C@@H](O)c1cc(Br)ccc1OCc1ccc(Cl)cc1. The second kappa shape index (κ2) is 6.42. The fraction of sp³-hybridized carbons (Fsp3) is 0.200. The second-order valence-corrected chi connectivity index (χ2v) is 5.63. The molecule has 0 unspecified atom stereocenters. The minimum Gasteiger partial charge on any atom is -0.489 e. The number of benzene rings is 2. The Kier molecular flexibility index (Phi) is 4.86. The first-order valence-corrected chi connectivity index (χ1v) is 7.08. The molecule has 0 fully saturated rings. The number of aliphatic hydroxyl groups is 1. The molecular weight excluding hydrogens is 328 g/mol. The molecule has 0 spiro atoms. The maximum absolute atomic E-state index is 9.74. The molecule has 2 rings (SSSR count). The Morgan fingerprint density at radius 1 is 1.21 bits per heavy atom. The molecule has 0 aliphatic heterocycles. The van der Waals surface area contributed by atoms with E-state index >= 15 is 0 Å². The van der Waals surface area contributed by atoms with Crippen LogP contribution in [-0.2, 0) is 6.61 Å². The van der Waals surface area contributed by atoms with Crippen molar-refractivity contribution in [3.63, 3.8) is 0 Å². The molecule has 100 valence electrons. The summed E-state index contributed by atoms with van der Waals surface area (Å²) in [6.07, 6.45) is -0.572. The van der Waals surface area contributed by atoms with Crippen LogP contribution in [0.3, 0.4) is 0 Å². The van der Waals surface area contributed by atoms with E-state index in [2.05, 4.69) is 15.9 Å². The maximum Gasteiger partial charge on any atom is 0.125 e. The number of halogens is 2. The van der Waals surface area contributed by atoms with Crippen molar-refractivity contribution >= 4 is 27.5 Å². The van der Waals surface area contributed by atoms with Gasteiger partial charge in [-0.3, -0.25) is 0 Å². The molecule has 2 aromatic rings. The van der Waals surface area contributed by atoms with E-state index in [4.69, 9.17) is 16.3 Å². The Labute approximate surface area is 126 Å². The van der Waals surface area contributed by atoms with Gasteiger partial charge in [-0.15, -0.1) is 0 Å². The molecule has 0 heterocycles. The van der Waals surface area contributed by atoms with Gasteiger partial charge in [-0.05, 0) is 42.8 Å². The van der Waals surface area contributed by atoms with Crippen LogP contribution in [0.4, 0.5) is 0 Å². The van der Waals surface area contributed by atoms with Gasteiger partial charge < -0.3 is 9.84 Å². The van der Waals surface area contributed by atoms with Crippen LogP contribution in [-0.4, -0.2) is 5.11 Å². The smallest absolute Gasteiger partial charge is 0.125 e. The highest BCUT2D eigenvalue weighted by Gasteiger charge is 2.10. The van der Waals surface area contributed by atoms with Crippen molar-refractivity contribution in [3.05, 3.63) is 63.1 Å². The van der Waals surface area contributed by atoms with Crippen LogP contribution in [0.15, 0.2) is 46.9 Å². The lowest BCUT2D eigenvalue weighted by molar-refractivity contribution is 0.190. The van der Waals surface area contributed by atoms with Crippen molar-refractivity contribution in [3.8, 4) is 5.75 Å². The van der Waals surface area contributed by atoms with E-state index in [0.29, 0.717) is 17.4 Å². The van der Waals surface area contributed by atoms with Crippen molar-refractivity contribution in [2.75, 3.05) is 0 Å². The van der Waals surface area contributed by atoms with Gasteiger partial charge in [0.2, 0.25) is 0 Å². The van der Waals surface area contributed by atoms with Crippen molar-refractivity contribution in [2.45, 2.75) is 19.6 Å². The van der Waals surface area contributed by atoms with Crippen molar-refractivity contribution < 1.29 is 9.84 Å². The molecule has 0 aromatic heterocycles. The van der Waals surface area contributed by atoms with Crippen LogP contribution in [0.5, 0.6) is 5.75 Å². The molecule has 0 bridgehead atoms. The third-order valence-electron chi connectivity index (χ3n) is 2.73. The lowest BCUT2D eigenvalue weighted by Gasteiger charge is -2.14. The standard InChI is InChI=1S/C15H14BrClO2/c1-10(18)14-8-12(16)4-7-15(14)19-9-11-2-5-13(17)6-3-11/h2-8,10,18H,9H2,1H3/t10-/m1/s1. The largest absolute Gasteiger partial charge is 0.489 e. The lowest BCUT2D eigenvalue weighted by Crippen LogP contribution is -2.01. The van der Waals surface area contributed by atoms with Crippen LogP contribution >= 0.6 is 27.5 Å². The summed E-state index contributed by atoms with van der Waals surface area (Å²) in [6, 6.07) is 13.1. The first kappa shape index (κ1) is 14.4. The van der Waals surface area contributed by atoms with E-state index in [-0.39, 0.29) is 0 Å². The van der Waals surface area contributed by atoms with E-state index in [0.717, 1.165) is 15.6 Å². The van der Waals surface area contributed by atoms with Gasteiger partial charge in [0.15, 0.2) is 0 Å². The van der Waals surface area contributed by atoms with E-state index in [1.54, 1.807) is 6.92 Å². The molecule has 1 N–H and O–H groups in total. The zero-order valence-electron chi connectivity index (χ0n) is 10.4. The molecule has 0 amide bonds. The van der Waals surface area contributed by atoms with Crippen molar-refractivity contribution in [1.29, 1.82) is 0 Å². The van der Waals surface area contributed by atoms with Gasteiger partial charge in [-0.2, -0.15) is 0 Å². The minimum atomic E-state index is -0.572. The molecule has 0 aliphatic rings. The molecule has 0 radical (unpaired) electrons. The zero-order valence-corrected chi connectivity index (χ0v) is 12.8. The lowest BCUT2D eigenvalue weighted by atomic mass is 10.1. The number of aliphatic hydroxyl groups excluding tert-OH is 1. The van der Waals surface area contributed by atoms with Crippen LogP contribution in [0.2, 0.25) is 5.02 Å². The van der Waals surface area contributed by atoms with Crippen LogP contribution in [0.1, 0.15) is 24.2 Å². The van der Waals surface area contributed by atoms with Gasteiger partial charge in [0, 0.05) is 15.1 Å². The Balaban J connectivity index is 2.13. The van der Waals surface area contributed by atoms with Crippen LogP contribution in [0, 0.1) is 0 Å². The van der Waals surface area contributed by atoms with Gasteiger partial charge in [0.05, 0.1) is 6.10 Å². The van der Waals surface area contributed by atoms with Crippen LogP contribution in [0.25, 0.3) is 0 Å². The molecule has 0 aliphatic carbocycles. The summed E-state index contributed by atoms with van der Waals surface area (Å²) in [4.78, 5) is 0. The summed E-state index contributed by atoms with van der Waals surface area (Å²) in [7, 11) is 0. The second-order valence-electron chi connectivity index (χ2n) is 4.27. The number of rotatable bonds is 4. The third kappa shape index (κ3) is 3.96. The number of hydrogen-bond donors (Lipinski definition) is 1. The highest BCUT2D eigenvalue weighted by molar-refractivity contribution is 9.10. The van der Waals surface area contributed by atoms with E-state index in [1.165, 1.54) is 0 Å². The molecule has 0 saturated heterocycles. The summed E-state index contributed by atoms with van der Waals surface area (Å²) in [5, 5.41) is 10.4. The summed E-state index contributed by atoms with van der Waals surface area (Å²) in [5.41, 5.74) is 1.80. The van der Waals surface area contributed by atoms with Crippen molar-refractivity contribution in [1.82, 2.24) is 0 Å². The van der Waals surface area contributed by atoms with Gasteiger partial charge in [0.25, 0.3) is 0 Å². The predicted molar refractivity (Wildman–Crippen MR) is 80.6 cm³/mol. The minimum absolute atomic E-state index is 0.443. The first-order chi connectivity index (χ1) is 9.06. The topological polar surface area (TPSA) is 29.5 Å². The Bertz CT molecular complexity index is 553. The Morgan fingerprint density at radius 3 is 2.53 bits per heavy atom. The van der Waals surface area contributed by atoms with Crippen molar-refractivity contribution in [2.24, 2.45) is 0 Å². The van der Waals surface area contributed by atoms with Gasteiger partial charge >= 0.3 is 0 Å². The third-order valence-corrected chi connectivity index (χ3v) is 3.47. The molecular formula is C15H14BrClO2. The molecule has 2 nitrogen and oxygen atoms in total. The van der Waals surface area contributed by atoms with Gasteiger partial charge in [0.1, 0.15) is 12.4 Å². The highest BCUT2D eigenvalue weighted by Crippen LogP contribution is 2.29. The molecule has 0 saturated carbocycles. The molecule has 1 atom stereocenters. The Morgan fingerprint density at radius 2 is 1.89 bits per heavy atom. The summed E-state index contributed by atoms with van der Waals surface area (Å²) >= 11 is 9.22. The molecule has 2 aromatic carbocycles. The quantitative estimate of drug-likeness (QED) is 0.870. The molecule has 4 heteroatoms. The fourth-order valence-electron chi connectivity index (χ4n) is 1.72. The number of ether oxygens (including phenoxy) is 1. The highest BCUT2D eigenvalue weighted by atomic mass is 79.9. The zero-order chi connectivity index (χ0) is 13.8. The Hall–Kier alpha value is -1.03. The average molecular weight is 342 g/mol. The van der Waals surface area contributed by atoms with E-state index in [9.17, 15) is 5.11 Å². The maximum atomic E-state index is 9.74. The average Bonchev–Trinajstić information content (AvgIpc) is 2.39. The van der Waals surface area contributed by atoms with E-state index in [1.807, 2.05) is 42.5 Å². The summed E-state index contributed by atoms with van der Waals surface area (Å²) in [5.74, 6) is 0.688. The first-order valence-electron chi connectivity index (χ1n) is 5.91.